The molecule has 0 aromatic heterocycles. The molecular formula is C31H38BrN3O4S. The van der Waals surface area contributed by atoms with Gasteiger partial charge in [-0.1, -0.05) is 78.3 Å². The number of nitrogens with zero attached hydrogens (tertiary/aromatic N) is 1. The number of alkyl halides is 1. The van der Waals surface area contributed by atoms with E-state index in [1.807, 2.05) is 76.2 Å². The Balaban J connectivity index is 1.52. The molecule has 3 amide bonds. The third kappa shape index (κ3) is 4.98. The minimum Gasteiger partial charge on any atom is -0.394 e. The molecule has 0 aliphatic carbocycles. The van der Waals surface area contributed by atoms with Crippen molar-refractivity contribution in [3.05, 3.63) is 65.2 Å². The highest BCUT2D eigenvalue weighted by molar-refractivity contribution is 9.09. The second-order valence-corrected chi connectivity index (χ2v) is 14.6. The van der Waals surface area contributed by atoms with Crippen LogP contribution in [0.3, 0.4) is 0 Å². The second kappa shape index (κ2) is 11.5. The molecule has 2 aromatic carbocycles. The van der Waals surface area contributed by atoms with E-state index in [0.717, 1.165) is 22.4 Å². The normalized spacial score (nSPS) is 29.5. The Hall–Kier alpha value is -2.36. The number of hydrogen-bond acceptors (Lipinski definition) is 5. The molecular weight excluding hydrogens is 590 g/mol. The third-order valence-corrected chi connectivity index (χ3v) is 11.9. The molecule has 2 bridgehead atoms. The lowest BCUT2D eigenvalue weighted by Gasteiger charge is -2.38. The standard InChI is InChI=1S/C31H38BrN3O4S/c1-17(2)13-21(16-36)35-27(29(38)34-25-18(3)9-8-10-19(25)4)31-14-22(32)26(40-31)23(24(31)30(35)39)28(37)33-15-20-11-6-5-7-12-20/h5-12,17,21-24,26-27,36H,13-16H2,1-4H3,(H,33,37)(H,34,38)/t21-,22?,23+,24+,26+,27?,31?/m1/s1. The minimum atomic E-state index is -0.804. The van der Waals surface area contributed by atoms with Crippen molar-refractivity contribution >= 4 is 51.1 Å². The molecule has 3 fully saturated rings. The summed E-state index contributed by atoms with van der Waals surface area (Å²) in [5, 5.41) is 16.6. The number of hydrogen-bond donors (Lipinski definition) is 3. The topological polar surface area (TPSA) is 98.7 Å². The van der Waals surface area contributed by atoms with Crippen LogP contribution in [0.15, 0.2) is 48.5 Å². The van der Waals surface area contributed by atoms with Gasteiger partial charge in [0.25, 0.3) is 0 Å². The van der Waals surface area contributed by atoms with Crippen LogP contribution in [0.25, 0.3) is 0 Å². The first kappa shape index (κ1) is 29.1. The van der Waals surface area contributed by atoms with Crippen LogP contribution in [0.5, 0.6) is 0 Å². The molecule has 3 N–H and O–H groups in total. The van der Waals surface area contributed by atoms with E-state index in [1.165, 1.54) is 0 Å². The first-order chi connectivity index (χ1) is 19.1. The zero-order chi connectivity index (χ0) is 28.8. The van der Waals surface area contributed by atoms with E-state index < -0.39 is 28.7 Å². The average molecular weight is 629 g/mol. The summed E-state index contributed by atoms with van der Waals surface area (Å²) in [5.74, 6) is -1.61. The van der Waals surface area contributed by atoms with Crippen molar-refractivity contribution in [1.29, 1.82) is 0 Å². The number of benzene rings is 2. The van der Waals surface area contributed by atoms with Crippen molar-refractivity contribution in [3.63, 3.8) is 0 Å². The van der Waals surface area contributed by atoms with Crippen molar-refractivity contribution in [2.45, 2.75) is 74.0 Å². The van der Waals surface area contributed by atoms with Crippen LogP contribution in [-0.4, -0.2) is 61.2 Å². The number of likely N-dealkylation sites (tertiary alicyclic amines) is 1. The molecule has 3 heterocycles. The molecule has 5 rings (SSSR count). The highest BCUT2D eigenvalue weighted by atomic mass is 79.9. The molecule has 3 aliphatic heterocycles. The summed E-state index contributed by atoms with van der Waals surface area (Å²) in [4.78, 5) is 44.0. The Morgan fingerprint density at radius 3 is 2.40 bits per heavy atom. The summed E-state index contributed by atoms with van der Waals surface area (Å²) in [6.07, 6.45) is 1.16. The Bertz CT molecular complexity index is 1270. The highest BCUT2D eigenvalue weighted by Gasteiger charge is 2.76. The lowest BCUT2D eigenvalue weighted by Crippen LogP contribution is -2.55. The van der Waals surface area contributed by atoms with Crippen LogP contribution in [0, 0.1) is 31.6 Å². The number of aliphatic hydroxyl groups excluding tert-OH is 1. The predicted molar refractivity (Wildman–Crippen MR) is 162 cm³/mol. The summed E-state index contributed by atoms with van der Waals surface area (Å²) >= 11 is 5.43. The van der Waals surface area contributed by atoms with Gasteiger partial charge in [-0.05, 0) is 49.3 Å². The Kier molecular flexibility index (Phi) is 8.37. The fourth-order valence-corrected chi connectivity index (χ4v) is 10.6. The number of amides is 3. The van der Waals surface area contributed by atoms with Gasteiger partial charge in [0.15, 0.2) is 0 Å². The number of nitrogens with one attached hydrogen (secondary N) is 2. The molecule has 214 valence electrons. The van der Waals surface area contributed by atoms with Crippen molar-refractivity contribution in [2.75, 3.05) is 11.9 Å². The number of carbonyl (C=O) groups excluding carboxylic acids is 3. The fraction of sp³-hybridized carbons (Fsp3) is 0.516. The van der Waals surface area contributed by atoms with Crippen LogP contribution >= 0.6 is 27.7 Å². The number of halogens is 1. The molecule has 7 nitrogen and oxygen atoms in total. The quantitative estimate of drug-likeness (QED) is 0.357. The number of rotatable bonds is 9. The van der Waals surface area contributed by atoms with E-state index >= 15 is 0 Å². The van der Waals surface area contributed by atoms with E-state index in [4.69, 9.17) is 0 Å². The van der Waals surface area contributed by atoms with Crippen LogP contribution < -0.4 is 10.6 Å². The SMILES string of the molecule is Cc1cccc(C)c1NC(=O)C1N([C@@H](CO)CC(C)C)C(=O)[C@@H]2[C@H](C(=O)NCc3ccccc3)[C@H]3SC12CC3Br. The largest absolute Gasteiger partial charge is 0.394 e. The van der Waals surface area contributed by atoms with Gasteiger partial charge in [0.2, 0.25) is 17.7 Å². The van der Waals surface area contributed by atoms with Gasteiger partial charge in [0.05, 0.1) is 29.2 Å². The number of para-hydroxylation sites is 1. The lowest BCUT2D eigenvalue weighted by atomic mass is 9.70. The number of carbonyl (C=O) groups is 3. The fourth-order valence-electron chi connectivity index (χ4n) is 6.99. The summed E-state index contributed by atoms with van der Waals surface area (Å²) in [6, 6.07) is 14.2. The summed E-state index contributed by atoms with van der Waals surface area (Å²) in [7, 11) is 0. The van der Waals surface area contributed by atoms with Crippen LogP contribution in [0.4, 0.5) is 5.69 Å². The van der Waals surface area contributed by atoms with Gasteiger partial charge in [0, 0.05) is 22.3 Å². The molecule has 3 saturated heterocycles. The van der Waals surface area contributed by atoms with Crippen molar-refractivity contribution in [3.8, 4) is 0 Å². The van der Waals surface area contributed by atoms with Crippen LogP contribution in [0.1, 0.15) is 43.4 Å². The highest BCUT2D eigenvalue weighted by Crippen LogP contribution is 2.68. The van der Waals surface area contributed by atoms with Gasteiger partial charge in [-0.3, -0.25) is 14.4 Å². The lowest BCUT2D eigenvalue weighted by molar-refractivity contribution is -0.142. The first-order valence-electron chi connectivity index (χ1n) is 14.0. The summed E-state index contributed by atoms with van der Waals surface area (Å²) < 4.78 is -0.768. The average Bonchev–Trinajstić information content (AvgIpc) is 3.51. The molecule has 3 unspecified atom stereocenters. The van der Waals surface area contributed by atoms with E-state index in [-0.39, 0.29) is 40.3 Å². The smallest absolute Gasteiger partial charge is 0.248 e. The van der Waals surface area contributed by atoms with E-state index in [0.29, 0.717) is 19.4 Å². The zero-order valence-corrected chi connectivity index (χ0v) is 25.8. The first-order valence-corrected chi connectivity index (χ1v) is 15.8. The summed E-state index contributed by atoms with van der Waals surface area (Å²) in [5.41, 5.74) is 3.62. The molecule has 40 heavy (non-hydrogen) atoms. The van der Waals surface area contributed by atoms with E-state index in [2.05, 4.69) is 26.6 Å². The zero-order valence-electron chi connectivity index (χ0n) is 23.4. The molecule has 7 atom stereocenters. The van der Waals surface area contributed by atoms with Gasteiger partial charge >= 0.3 is 0 Å². The molecule has 0 saturated carbocycles. The Labute approximate surface area is 249 Å². The number of aliphatic hydroxyl groups is 1. The molecule has 0 radical (unpaired) electrons. The van der Waals surface area contributed by atoms with Crippen LogP contribution in [-0.2, 0) is 20.9 Å². The van der Waals surface area contributed by atoms with Crippen molar-refractivity contribution < 1.29 is 19.5 Å². The Morgan fingerprint density at radius 1 is 1.10 bits per heavy atom. The van der Waals surface area contributed by atoms with E-state index in [9.17, 15) is 19.5 Å². The number of aryl methyl sites for hydroxylation is 2. The van der Waals surface area contributed by atoms with Crippen molar-refractivity contribution in [2.24, 2.45) is 17.8 Å². The summed E-state index contributed by atoms with van der Waals surface area (Å²) in [6.45, 7) is 8.13. The Morgan fingerprint density at radius 2 is 1.77 bits per heavy atom. The van der Waals surface area contributed by atoms with E-state index in [1.54, 1.807) is 16.7 Å². The third-order valence-electron chi connectivity index (χ3n) is 8.66. The number of anilines is 1. The van der Waals surface area contributed by atoms with Gasteiger partial charge in [-0.25, -0.2) is 0 Å². The minimum absolute atomic E-state index is 0.0119. The predicted octanol–water partition coefficient (Wildman–Crippen LogP) is 4.43. The monoisotopic (exact) mass is 627 g/mol. The van der Waals surface area contributed by atoms with Gasteiger partial charge < -0.3 is 20.6 Å². The van der Waals surface area contributed by atoms with Crippen LogP contribution in [0.2, 0.25) is 0 Å². The van der Waals surface area contributed by atoms with Gasteiger partial charge in [-0.2, -0.15) is 0 Å². The molecule has 2 aromatic rings. The molecule has 9 heteroatoms. The maximum atomic E-state index is 14.4. The van der Waals surface area contributed by atoms with Gasteiger partial charge in [-0.15, -0.1) is 11.8 Å². The van der Waals surface area contributed by atoms with Gasteiger partial charge in [0.1, 0.15) is 6.04 Å². The second-order valence-electron chi connectivity index (χ2n) is 11.8. The number of thioether (sulfide) groups is 1. The maximum Gasteiger partial charge on any atom is 0.248 e. The molecule has 1 spiro atoms. The van der Waals surface area contributed by atoms with Crippen molar-refractivity contribution in [1.82, 2.24) is 10.2 Å². The molecule has 3 aliphatic rings. The maximum absolute atomic E-state index is 14.4. The number of fused-ring (bicyclic) bond motifs is 1.